The molecule has 2 aromatic rings. The van der Waals surface area contributed by atoms with E-state index in [1.807, 2.05) is 5.32 Å². The van der Waals surface area contributed by atoms with E-state index in [-0.39, 0.29) is 18.5 Å². The van der Waals surface area contributed by atoms with Crippen LogP contribution in [0.15, 0.2) is 36.4 Å². The Bertz CT molecular complexity index is 1010. The number of nitrogens with zero attached hydrogens (tertiary/aromatic N) is 1. The number of nitrogens with one attached hydrogen (secondary N) is 1. The van der Waals surface area contributed by atoms with E-state index >= 15 is 0 Å². The second kappa shape index (κ2) is 8.58. The predicted molar refractivity (Wildman–Crippen MR) is 96.0 cm³/mol. The van der Waals surface area contributed by atoms with Crippen molar-refractivity contribution in [3.05, 3.63) is 65.0 Å². The lowest BCUT2D eigenvalue weighted by Gasteiger charge is -2.36. The monoisotopic (exact) mass is 446 g/mol. The number of carbonyl (C=O) groups excluding carboxylic acids is 2. The largest absolute Gasteiger partial charge is 0.416 e. The average Bonchev–Trinajstić information content (AvgIpc) is 2.73. The number of piperidine rings is 1. The molecular formula is C20H16F6N2O3. The lowest BCUT2D eigenvalue weighted by atomic mass is 9.79. The van der Waals surface area contributed by atoms with E-state index < -0.39 is 58.5 Å². The van der Waals surface area contributed by atoms with Crippen molar-refractivity contribution in [2.24, 2.45) is 5.92 Å². The normalized spacial score (nSPS) is 19.5. The van der Waals surface area contributed by atoms with E-state index in [0.717, 1.165) is 29.3 Å². The smallest absolute Gasteiger partial charge is 0.323 e. The van der Waals surface area contributed by atoms with Crippen LogP contribution in [0, 0.1) is 23.4 Å². The summed E-state index contributed by atoms with van der Waals surface area (Å²) >= 11 is 0. The first-order chi connectivity index (χ1) is 14.5. The van der Waals surface area contributed by atoms with Gasteiger partial charge in [-0.1, -0.05) is 18.2 Å². The molecule has 1 heterocycles. The molecule has 1 saturated heterocycles. The fraction of sp³-hybridized carbons (Fsp3) is 0.300. The van der Waals surface area contributed by atoms with Crippen molar-refractivity contribution in [2.75, 3.05) is 19.0 Å². The van der Waals surface area contributed by atoms with Crippen LogP contribution in [0.4, 0.5) is 32.0 Å². The van der Waals surface area contributed by atoms with Gasteiger partial charge in [-0.15, -0.1) is 0 Å². The first-order valence-corrected chi connectivity index (χ1v) is 9.01. The fourth-order valence-electron chi connectivity index (χ4n) is 3.47. The molecule has 2 atom stereocenters. The van der Waals surface area contributed by atoms with Crippen molar-refractivity contribution in [2.45, 2.75) is 18.5 Å². The molecule has 0 spiro atoms. The van der Waals surface area contributed by atoms with Crippen LogP contribution in [0.1, 0.15) is 23.5 Å². The van der Waals surface area contributed by atoms with E-state index in [4.69, 9.17) is 4.84 Å². The SMILES string of the molecule is CON1CC[C@H](c2cccc(C(F)(F)F)c2)[C@@H](C(=O)Nc2ccc(F)c(F)c2F)C1=O. The minimum absolute atomic E-state index is 0.000434. The predicted octanol–water partition coefficient (Wildman–Crippen LogP) is 4.25. The maximum atomic E-state index is 14.0. The Morgan fingerprint density at radius 1 is 1.13 bits per heavy atom. The van der Waals surface area contributed by atoms with Gasteiger partial charge in [0.05, 0.1) is 18.4 Å². The van der Waals surface area contributed by atoms with Crippen LogP contribution in [0.3, 0.4) is 0 Å². The summed E-state index contributed by atoms with van der Waals surface area (Å²) in [5.74, 6) is -9.51. The van der Waals surface area contributed by atoms with Crippen LogP contribution in [0.25, 0.3) is 0 Å². The Hall–Kier alpha value is -3.08. The molecule has 2 aromatic carbocycles. The summed E-state index contributed by atoms with van der Waals surface area (Å²) < 4.78 is 79.9. The van der Waals surface area contributed by atoms with Gasteiger partial charge in [0.1, 0.15) is 5.92 Å². The summed E-state index contributed by atoms with van der Waals surface area (Å²) in [5, 5.41) is 2.88. The Labute approximate surface area is 172 Å². The van der Waals surface area contributed by atoms with Crippen LogP contribution in [0.5, 0.6) is 0 Å². The van der Waals surface area contributed by atoms with E-state index in [9.17, 15) is 35.9 Å². The van der Waals surface area contributed by atoms with E-state index in [0.29, 0.717) is 6.07 Å². The molecule has 1 fully saturated rings. The van der Waals surface area contributed by atoms with E-state index in [1.165, 1.54) is 13.2 Å². The first kappa shape index (κ1) is 22.6. The minimum atomic E-state index is -4.64. The second-order valence-corrected chi connectivity index (χ2v) is 6.83. The number of hydrogen-bond acceptors (Lipinski definition) is 3. The maximum Gasteiger partial charge on any atom is 0.416 e. The summed E-state index contributed by atoms with van der Waals surface area (Å²) in [6.45, 7) is -0.000434. The Morgan fingerprint density at radius 3 is 2.48 bits per heavy atom. The molecular weight excluding hydrogens is 430 g/mol. The van der Waals surface area contributed by atoms with Crippen molar-refractivity contribution in [3.8, 4) is 0 Å². The van der Waals surface area contributed by atoms with E-state index in [1.54, 1.807) is 0 Å². The van der Waals surface area contributed by atoms with Gasteiger partial charge in [0.15, 0.2) is 17.5 Å². The van der Waals surface area contributed by atoms with Crippen molar-refractivity contribution >= 4 is 17.5 Å². The lowest BCUT2D eigenvalue weighted by Crippen LogP contribution is -2.48. The highest BCUT2D eigenvalue weighted by molar-refractivity contribution is 6.07. The van der Waals surface area contributed by atoms with Gasteiger partial charge in [0.25, 0.3) is 5.91 Å². The van der Waals surface area contributed by atoms with Gasteiger partial charge in [-0.05, 0) is 30.2 Å². The molecule has 3 rings (SSSR count). The number of halogens is 6. The van der Waals surface area contributed by atoms with Crippen molar-refractivity contribution in [1.82, 2.24) is 5.06 Å². The molecule has 0 aliphatic carbocycles. The molecule has 0 bridgehead atoms. The maximum absolute atomic E-state index is 14.0. The summed E-state index contributed by atoms with van der Waals surface area (Å²) in [5.41, 5.74) is -1.60. The molecule has 0 saturated carbocycles. The number of rotatable bonds is 4. The molecule has 2 amide bonds. The zero-order chi connectivity index (χ0) is 22.9. The third-order valence-corrected chi connectivity index (χ3v) is 5.00. The summed E-state index contributed by atoms with van der Waals surface area (Å²) in [6, 6.07) is 5.53. The van der Waals surface area contributed by atoms with Gasteiger partial charge in [0.2, 0.25) is 5.91 Å². The number of alkyl halides is 3. The van der Waals surface area contributed by atoms with Gasteiger partial charge >= 0.3 is 6.18 Å². The fourth-order valence-corrected chi connectivity index (χ4v) is 3.47. The van der Waals surface area contributed by atoms with Gasteiger partial charge in [-0.25, -0.2) is 18.2 Å². The number of benzene rings is 2. The first-order valence-electron chi connectivity index (χ1n) is 9.01. The van der Waals surface area contributed by atoms with Crippen LogP contribution >= 0.6 is 0 Å². The molecule has 1 aliphatic heterocycles. The number of amides is 2. The third kappa shape index (κ3) is 4.50. The highest BCUT2D eigenvalue weighted by Crippen LogP contribution is 2.38. The standard InChI is InChI=1S/C20H16F6N2O3/c1-31-28-8-7-12(10-3-2-4-11(9-10)20(24,25)26)15(19(28)30)18(29)27-14-6-5-13(21)16(22)17(14)23/h2-6,9,12,15H,7-8H2,1H3,(H,27,29)/t12-,15+/m1/s1. The average molecular weight is 446 g/mol. The van der Waals surface area contributed by atoms with Crippen LogP contribution < -0.4 is 5.32 Å². The molecule has 0 radical (unpaired) electrons. The molecule has 0 aromatic heterocycles. The van der Waals surface area contributed by atoms with Crippen LogP contribution in [0.2, 0.25) is 0 Å². The highest BCUT2D eigenvalue weighted by atomic mass is 19.4. The summed E-state index contributed by atoms with van der Waals surface area (Å²) in [4.78, 5) is 30.5. The number of hydrogen-bond donors (Lipinski definition) is 1. The number of carbonyl (C=O) groups is 2. The van der Waals surface area contributed by atoms with Crippen molar-refractivity contribution < 1.29 is 40.8 Å². The van der Waals surface area contributed by atoms with Gasteiger partial charge < -0.3 is 5.32 Å². The van der Waals surface area contributed by atoms with Gasteiger partial charge in [0, 0.05) is 12.5 Å². The molecule has 5 nitrogen and oxygen atoms in total. The quantitative estimate of drug-likeness (QED) is 0.434. The van der Waals surface area contributed by atoms with Crippen molar-refractivity contribution in [3.63, 3.8) is 0 Å². The molecule has 0 unspecified atom stereocenters. The van der Waals surface area contributed by atoms with Gasteiger partial charge in [-0.2, -0.15) is 13.2 Å². The Morgan fingerprint density at radius 2 is 1.84 bits per heavy atom. The Balaban J connectivity index is 1.97. The minimum Gasteiger partial charge on any atom is -0.323 e. The molecule has 1 aliphatic rings. The highest BCUT2D eigenvalue weighted by Gasteiger charge is 2.43. The number of anilines is 1. The van der Waals surface area contributed by atoms with Crippen LogP contribution in [-0.2, 0) is 20.6 Å². The third-order valence-electron chi connectivity index (χ3n) is 5.00. The zero-order valence-electron chi connectivity index (χ0n) is 16.0. The second-order valence-electron chi connectivity index (χ2n) is 6.83. The van der Waals surface area contributed by atoms with E-state index in [2.05, 4.69) is 0 Å². The molecule has 166 valence electrons. The number of hydroxylamine groups is 2. The molecule has 1 N–H and O–H groups in total. The zero-order valence-corrected chi connectivity index (χ0v) is 16.0. The van der Waals surface area contributed by atoms with Crippen molar-refractivity contribution in [1.29, 1.82) is 0 Å². The topological polar surface area (TPSA) is 58.6 Å². The lowest BCUT2D eigenvalue weighted by molar-refractivity contribution is -0.188. The summed E-state index contributed by atoms with van der Waals surface area (Å²) in [7, 11) is 1.17. The molecule has 11 heteroatoms. The Kier molecular flexibility index (Phi) is 6.25. The molecule has 31 heavy (non-hydrogen) atoms. The summed E-state index contributed by atoms with van der Waals surface area (Å²) in [6.07, 6.45) is -4.57. The van der Waals surface area contributed by atoms with Crippen LogP contribution in [-0.4, -0.2) is 30.5 Å². The van der Waals surface area contributed by atoms with Gasteiger partial charge in [-0.3, -0.25) is 14.4 Å².